The zero-order chi connectivity index (χ0) is 20.3. The largest absolute Gasteiger partial charge is 0.462 e. The Labute approximate surface area is 160 Å². The molecule has 0 aromatic carbocycles. The van der Waals surface area contributed by atoms with Crippen LogP contribution in [0.3, 0.4) is 0 Å². The molecular weight excluding hydrogens is 375 g/mol. The highest BCUT2D eigenvalue weighted by atomic mass is 19.4. The number of carbonyl (C=O) groups excluding carboxylic acids is 1. The summed E-state index contributed by atoms with van der Waals surface area (Å²) < 4.78 is 46.2. The van der Waals surface area contributed by atoms with Gasteiger partial charge in [0.1, 0.15) is 11.7 Å². The van der Waals surface area contributed by atoms with Gasteiger partial charge in [-0.05, 0) is 38.2 Å². The lowest BCUT2D eigenvalue weighted by Crippen LogP contribution is -2.38. The highest BCUT2D eigenvalue weighted by Gasteiger charge is 2.41. The molecular formula is C18H22F3N5O2. The lowest BCUT2D eigenvalue weighted by Gasteiger charge is -2.35. The summed E-state index contributed by atoms with van der Waals surface area (Å²) in [6.45, 7) is 4.09. The van der Waals surface area contributed by atoms with Gasteiger partial charge in [0.05, 0.1) is 6.61 Å². The van der Waals surface area contributed by atoms with E-state index in [4.69, 9.17) is 4.74 Å². The van der Waals surface area contributed by atoms with Crippen LogP contribution >= 0.6 is 0 Å². The summed E-state index contributed by atoms with van der Waals surface area (Å²) >= 11 is 0. The van der Waals surface area contributed by atoms with Gasteiger partial charge >= 0.3 is 12.1 Å². The summed E-state index contributed by atoms with van der Waals surface area (Å²) in [5.41, 5.74) is -0.846. The fourth-order valence-corrected chi connectivity index (χ4v) is 3.21. The van der Waals surface area contributed by atoms with Crippen molar-refractivity contribution in [2.45, 2.75) is 51.9 Å². The zero-order valence-corrected chi connectivity index (χ0v) is 15.7. The third kappa shape index (κ3) is 4.10. The number of alkyl halides is 3. The second kappa shape index (κ2) is 8.15. The Hall–Kier alpha value is -2.65. The summed E-state index contributed by atoms with van der Waals surface area (Å²) in [5, 5.41) is 3.71. The molecule has 0 saturated carbocycles. The van der Waals surface area contributed by atoms with E-state index in [2.05, 4.69) is 15.1 Å². The van der Waals surface area contributed by atoms with Crippen molar-refractivity contribution >= 4 is 11.9 Å². The second-order valence-electron chi connectivity index (χ2n) is 6.50. The summed E-state index contributed by atoms with van der Waals surface area (Å²) in [7, 11) is 0. The van der Waals surface area contributed by atoms with Crippen LogP contribution in [0.2, 0.25) is 0 Å². The number of halogens is 3. The van der Waals surface area contributed by atoms with E-state index in [0.29, 0.717) is 18.9 Å². The molecule has 7 nitrogen and oxygen atoms in total. The highest BCUT2D eigenvalue weighted by Crippen LogP contribution is 2.34. The molecule has 3 rings (SSSR count). The SMILES string of the molecule is CCOC(=O)c1cn(C2CCCCN2c2ncc(CC)cn2)nc1C(F)(F)F. The molecule has 0 radical (unpaired) electrons. The maximum atomic E-state index is 13.4. The van der Waals surface area contributed by atoms with Gasteiger partial charge in [-0.3, -0.25) is 0 Å². The third-order valence-corrected chi connectivity index (χ3v) is 4.63. The molecule has 0 bridgehead atoms. The Morgan fingerprint density at radius 2 is 1.96 bits per heavy atom. The maximum absolute atomic E-state index is 13.4. The van der Waals surface area contributed by atoms with Gasteiger partial charge in [0.25, 0.3) is 0 Å². The molecule has 1 aliphatic heterocycles. The van der Waals surface area contributed by atoms with Crippen LogP contribution in [0.5, 0.6) is 0 Å². The van der Waals surface area contributed by atoms with Crippen molar-refractivity contribution in [1.82, 2.24) is 19.7 Å². The minimum Gasteiger partial charge on any atom is -0.462 e. The van der Waals surface area contributed by atoms with Crippen molar-refractivity contribution in [3.05, 3.63) is 35.4 Å². The molecule has 152 valence electrons. The number of aryl methyl sites for hydroxylation is 1. The molecule has 1 aliphatic rings. The molecule has 0 N–H and O–H groups in total. The quantitative estimate of drug-likeness (QED) is 0.718. The minimum absolute atomic E-state index is 0.0194. The average Bonchev–Trinajstić information content (AvgIpc) is 3.14. The fourth-order valence-electron chi connectivity index (χ4n) is 3.21. The summed E-state index contributed by atoms with van der Waals surface area (Å²) in [4.78, 5) is 22.5. The number of carbonyl (C=O) groups is 1. The monoisotopic (exact) mass is 397 g/mol. The zero-order valence-electron chi connectivity index (χ0n) is 15.7. The molecule has 0 aliphatic carbocycles. The Morgan fingerprint density at radius 1 is 1.25 bits per heavy atom. The van der Waals surface area contributed by atoms with Gasteiger partial charge in [-0.15, -0.1) is 0 Å². The van der Waals surface area contributed by atoms with E-state index in [1.165, 1.54) is 11.6 Å². The smallest absolute Gasteiger partial charge is 0.436 e. The molecule has 1 atom stereocenters. The van der Waals surface area contributed by atoms with Gasteiger partial charge in [-0.1, -0.05) is 6.92 Å². The number of hydrogen-bond acceptors (Lipinski definition) is 6. The van der Waals surface area contributed by atoms with Crippen LogP contribution < -0.4 is 4.90 Å². The molecule has 0 amide bonds. The second-order valence-corrected chi connectivity index (χ2v) is 6.50. The average molecular weight is 397 g/mol. The predicted octanol–water partition coefficient (Wildman–Crippen LogP) is 3.62. The van der Waals surface area contributed by atoms with Gasteiger partial charge in [0.15, 0.2) is 5.69 Å². The predicted molar refractivity (Wildman–Crippen MR) is 94.8 cm³/mol. The first-order chi connectivity index (χ1) is 13.3. The Morgan fingerprint density at radius 3 is 2.57 bits per heavy atom. The third-order valence-electron chi connectivity index (χ3n) is 4.63. The number of piperidine rings is 1. The molecule has 1 saturated heterocycles. The first-order valence-electron chi connectivity index (χ1n) is 9.26. The summed E-state index contributed by atoms with van der Waals surface area (Å²) in [6.07, 6.45) is 2.32. The van der Waals surface area contributed by atoms with Crippen molar-refractivity contribution in [3.8, 4) is 0 Å². The first kappa shape index (κ1) is 20.1. The lowest BCUT2D eigenvalue weighted by atomic mass is 10.1. The van der Waals surface area contributed by atoms with E-state index >= 15 is 0 Å². The molecule has 3 heterocycles. The number of nitrogens with zero attached hydrogens (tertiary/aromatic N) is 5. The van der Waals surface area contributed by atoms with Gasteiger partial charge in [-0.25, -0.2) is 19.4 Å². The molecule has 2 aromatic rings. The topological polar surface area (TPSA) is 73.1 Å². The Balaban J connectivity index is 1.98. The van der Waals surface area contributed by atoms with E-state index in [1.54, 1.807) is 12.4 Å². The molecule has 2 aromatic heterocycles. The van der Waals surface area contributed by atoms with Gasteiger partial charge < -0.3 is 9.64 Å². The van der Waals surface area contributed by atoms with Gasteiger partial charge in [0, 0.05) is 25.1 Å². The van der Waals surface area contributed by atoms with Crippen molar-refractivity contribution in [1.29, 1.82) is 0 Å². The number of anilines is 1. The molecule has 1 unspecified atom stereocenters. The van der Waals surface area contributed by atoms with Crippen LogP contribution in [0.15, 0.2) is 18.6 Å². The molecule has 0 spiro atoms. The van der Waals surface area contributed by atoms with E-state index in [9.17, 15) is 18.0 Å². The molecule has 1 fully saturated rings. The number of hydrogen-bond donors (Lipinski definition) is 0. The molecule has 28 heavy (non-hydrogen) atoms. The van der Waals surface area contributed by atoms with Crippen LogP contribution in [0.1, 0.15) is 60.9 Å². The number of esters is 1. The van der Waals surface area contributed by atoms with Gasteiger partial charge in [0.2, 0.25) is 5.95 Å². The highest BCUT2D eigenvalue weighted by molar-refractivity contribution is 5.90. The Kier molecular flexibility index (Phi) is 5.85. The summed E-state index contributed by atoms with van der Waals surface area (Å²) in [6, 6.07) is 0. The van der Waals surface area contributed by atoms with Crippen LogP contribution in [0, 0.1) is 0 Å². The van der Waals surface area contributed by atoms with Gasteiger partial charge in [-0.2, -0.15) is 18.3 Å². The van der Waals surface area contributed by atoms with Crippen molar-refractivity contribution in [2.75, 3.05) is 18.1 Å². The minimum atomic E-state index is -4.76. The van der Waals surface area contributed by atoms with Crippen LogP contribution in [0.4, 0.5) is 19.1 Å². The van der Waals surface area contributed by atoms with Crippen molar-refractivity contribution in [3.63, 3.8) is 0 Å². The van der Waals surface area contributed by atoms with E-state index in [1.807, 2.05) is 11.8 Å². The summed E-state index contributed by atoms with van der Waals surface area (Å²) in [5.74, 6) is -0.601. The van der Waals surface area contributed by atoms with Crippen LogP contribution in [-0.4, -0.2) is 38.9 Å². The molecule has 10 heteroatoms. The Bertz CT molecular complexity index is 820. The number of ether oxygens (including phenoxy) is 1. The van der Waals surface area contributed by atoms with E-state index in [-0.39, 0.29) is 6.61 Å². The van der Waals surface area contributed by atoms with E-state index in [0.717, 1.165) is 31.0 Å². The standard InChI is InChI=1S/C18H22F3N5O2/c1-3-12-9-22-17(23-10-12)25-8-6-5-7-14(25)26-11-13(16(27)28-4-2)15(24-26)18(19,20)21/h9-11,14H,3-8H2,1-2H3. The maximum Gasteiger partial charge on any atom is 0.436 e. The number of aromatic nitrogens is 4. The van der Waals surface area contributed by atoms with E-state index < -0.39 is 29.6 Å². The van der Waals surface area contributed by atoms with Crippen molar-refractivity contribution < 1.29 is 22.7 Å². The first-order valence-corrected chi connectivity index (χ1v) is 9.26. The number of rotatable bonds is 5. The van der Waals surface area contributed by atoms with Crippen LogP contribution in [-0.2, 0) is 17.3 Å². The fraction of sp³-hybridized carbons (Fsp3) is 0.556. The lowest BCUT2D eigenvalue weighted by molar-refractivity contribution is -0.142. The van der Waals surface area contributed by atoms with Crippen molar-refractivity contribution in [2.24, 2.45) is 0 Å². The van der Waals surface area contributed by atoms with Crippen LogP contribution in [0.25, 0.3) is 0 Å². The normalized spacial score (nSPS) is 17.6.